The quantitative estimate of drug-likeness (QED) is 0.300. The fourth-order valence-corrected chi connectivity index (χ4v) is 2.61. The van der Waals surface area contributed by atoms with E-state index >= 15 is 0 Å². The van der Waals surface area contributed by atoms with Crippen LogP contribution in [-0.4, -0.2) is 45.7 Å². The Labute approximate surface area is 74.2 Å². The predicted octanol–water partition coefficient (Wildman–Crippen LogP) is -2.74. The summed E-state index contributed by atoms with van der Waals surface area (Å²) in [5.74, 6) is 0. The van der Waals surface area contributed by atoms with Gasteiger partial charge in [-0.3, -0.25) is 0 Å². The van der Waals surface area contributed by atoms with Crippen molar-refractivity contribution < 1.29 is 21.5 Å². The molecule has 1 aliphatic rings. The van der Waals surface area contributed by atoms with Crippen LogP contribution in [0, 0.1) is 0 Å². The summed E-state index contributed by atoms with van der Waals surface area (Å²) in [5.41, 5.74) is 0. The molecule has 0 atom stereocenters. The van der Waals surface area contributed by atoms with Crippen molar-refractivity contribution >= 4 is 0 Å². The number of halogens is 1. The summed E-state index contributed by atoms with van der Waals surface area (Å²) in [7, 11) is 0. The van der Waals surface area contributed by atoms with Crippen LogP contribution < -0.4 is 21.5 Å². The molecule has 1 rings (SSSR count). The van der Waals surface area contributed by atoms with E-state index in [1.54, 1.807) is 0 Å². The third-order valence-electron chi connectivity index (χ3n) is 2.00. The second-order valence-electron chi connectivity index (χ2n) is 2.51. The van der Waals surface area contributed by atoms with Gasteiger partial charge in [-0.2, -0.15) is 0 Å². The third-order valence-corrected chi connectivity index (χ3v) is 4.33. The molecule has 2 nitrogen and oxygen atoms in total. The molecular weight excluding hydrogens is 239 g/mol. The molecule has 62 valence electrons. The van der Waals surface area contributed by atoms with E-state index in [2.05, 4.69) is 19.9 Å². The molecule has 0 bridgehead atoms. The zero-order valence-corrected chi connectivity index (χ0v) is 8.97. The molecule has 1 fully saturated rings. The van der Waals surface area contributed by atoms with E-state index in [4.69, 9.17) is 0 Å². The Morgan fingerprint density at radius 2 is 1.80 bits per heavy atom. The van der Waals surface area contributed by atoms with Crippen LogP contribution in [0.4, 0.5) is 0 Å². The first-order chi connectivity index (χ1) is 4.86. The molecule has 0 radical (unpaired) electrons. The molecule has 0 unspecified atom stereocenters. The van der Waals surface area contributed by atoms with Crippen LogP contribution in [0.15, 0.2) is 0 Å². The van der Waals surface area contributed by atoms with Crippen molar-refractivity contribution in [3.8, 4) is 0 Å². The van der Waals surface area contributed by atoms with Crippen molar-refractivity contribution in [2.45, 2.75) is 6.92 Å². The normalized spacial score (nSPS) is 23.8. The second-order valence-corrected chi connectivity index (χ2v) is 4.84. The number of rotatable bonds is 2. The van der Waals surface area contributed by atoms with Gasteiger partial charge in [-0.25, -0.2) is 0 Å². The first kappa shape index (κ1) is 8.74. The first-order valence-corrected chi connectivity index (χ1v) is 6.96. The van der Waals surface area contributed by atoms with Crippen LogP contribution in [0.25, 0.3) is 0 Å². The zero-order valence-electron chi connectivity index (χ0n) is 6.81. The van der Waals surface area contributed by atoms with Crippen molar-refractivity contribution in [1.29, 1.82) is 0 Å². The molecule has 0 aromatic rings. The Balaban J connectivity index is 2.17. The van der Waals surface area contributed by atoms with Gasteiger partial charge in [-0.1, -0.05) is 0 Å². The molecule has 0 saturated carbocycles. The summed E-state index contributed by atoms with van der Waals surface area (Å²) >= 11 is 0.368. The molecule has 1 heterocycles. The van der Waals surface area contributed by atoms with Crippen LogP contribution >= 0.6 is 0 Å². The van der Waals surface area contributed by atoms with Gasteiger partial charge in [0.25, 0.3) is 0 Å². The van der Waals surface area contributed by atoms with Crippen molar-refractivity contribution in [2.75, 3.05) is 37.7 Å². The van der Waals surface area contributed by atoms with Gasteiger partial charge in [-0.15, -0.1) is 0 Å². The standard InChI is InChI=1S/C7H16IN2/c1-3-9-4-6-10(8-2)7-5-9/h3-7H2,1-2H3/q-1. The van der Waals surface area contributed by atoms with Gasteiger partial charge in [0.1, 0.15) is 0 Å². The minimum absolute atomic E-state index is 0.368. The Morgan fingerprint density at radius 3 is 2.20 bits per heavy atom. The monoisotopic (exact) mass is 255 g/mol. The Hall–Kier alpha value is 0.650. The molecule has 1 saturated heterocycles. The van der Waals surface area contributed by atoms with E-state index in [9.17, 15) is 0 Å². The average molecular weight is 255 g/mol. The summed E-state index contributed by atoms with van der Waals surface area (Å²) in [6.45, 7) is 8.70. The van der Waals surface area contributed by atoms with Gasteiger partial charge in [-0.05, 0) is 0 Å². The molecule has 0 spiro atoms. The Bertz CT molecular complexity index is 77.6. The average Bonchev–Trinajstić information content (AvgIpc) is 2.05. The van der Waals surface area contributed by atoms with E-state index in [0.717, 1.165) is 0 Å². The number of hydrogen-bond acceptors (Lipinski definition) is 2. The number of piperazine rings is 1. The summed E-state index contributed by atoms with van der Waals surface area (Å²) < 4.78 is 2.62. The third kappa shape index (κ3) is 2.36. The molecule has 0 amide bonds. The van der Waals surface area contributed by atoms with Crippen LogP contribution in [0.3, 0.4) is 0 Å². The van der Waals surface area contributed by atoms with Crippen LogP contribution in [0.2, 0.25) is 0 Å². The first-order valence-electron chi connectivity index (χ1n) is 3.84. The second kappa shape index (κ2) is 4.51. The maximum absolute atomic E-state index is 2.62. The maximum atomic E-state index is 2.62. The molecule has 0 aromatic carbocycles. The van der Waals surface area contributed by atoms with Crippen molar-refractivity contribution in [2.24, 2.45) is 0 Å². The summed E-state index contributed by atoms with van der Waals surface area (Å²) in [6.07, 6.45) is 0. The van der Waals surface area contributed by atoms with Gasteiger partial charge in [0.05, 0.1) is 0 Å². The number of hydrogen-bond donors (Lipinski definition) is 0. The summed E-state index contributed by atoms with van der Waals surface area (Å²) in [5, 5.41) is 0. The Morgan fingerprint density at radius 1 is 1.20 bits per heavy atom. The summed E-state index contributed by atoms with van der Waals surface area (Å²) in [6, 6.07) is 0. The molecule has 3 heteroatoms. The van der Waals surface area contributed by atoms with Crippen LogP contribution in [0.5, 0.6) is 0 Å². The van der Waals surface area contributed by atoms with Gasteiger partial charge < -0.3 is 0 Å². The van der Waals surface area contributed by atoms with Gasteiger partial charge in [0.15, 0.2) is 0 Å². The van der Waals surface area contributed by atoms with Crippen molar-refractivity contribution in [1.82, 2.24) is 8.01 Å². The van der Waals surface area contributed by atoms with Crippen LogP contribution in [0.1, 0.15) is 6.92 Å². The molecule has 0 aromatic heterocycles. The van der Waals surface area contributed by atoms with Gasteiger partial charge in [0, 0.05) is 0 Å². The number of nitrogens with zero attached hydrogens (tertiary/aromatic N) is 2. The number of likely N-dealkylation sites (N-methyl/N-ethyl adjacent to an activating group) is 1. The topological polar surface area (TPSA) is 6.48 Å². The fourth-order valence-electron chi connectivity index (χ4n) is 1.21. The molecule has 1 aliphatic heterocycles. The van der Waals surface area contributed by atoms with Crippen LogP contribution in [-0.2, 0) is 0 Å². The van der Waals surface area contributed by atoms with Crippen molar-refractivity contribution in [3.05, 3.63) is 0 Å². The van der Waals surface area contributed by atoms with E-state index in [1.807, 2.05) is 0 Å². The van der Waals surface area contributed by atoms with Gasteiger partial charge >= 0.3 is 74.1 Å². The SMILES string of the molecule is CCN1CCN([I-]C)CC1. The molecule has 10 heavy (non-hydrogen) atoms. The van der Waals surface area contributed by atoms with Crippen molar-refractivity contribution in [3.63, 3.8) is 0 Å². The number of alkyl halides is 1. The fraction of sp³-hybridized carbons (Fsp3) is 1.00. The minimum atomic E-state index is 0.368. The molecular formula is C7H16IN2-. The zero-order chi connectivity index (χ0) is 7.40. The van der Waals surface area contributed by atoms with E-state index < -0.39 is 0 Å². The summed E-state index contributed by atoms with van der Waals surface area (Å²) in [4.78, 5) is 4.87. The molecule has 0 N–H and O–H groups in total. The Kier molecular flexibility index (Phi) is 3.95. The van der Waals surface area contributed by atoms with E-state index in [0.29, 0.717) is 21.5 Å². The molecule has 0 aliphatic carbocycles. The van der Waals surface area contributed by atoms with E-state index in [1.165, 1.54) is 32.7 Å². The van der Waals surface area contributed by atoms with E-state index in [-0.39, 0.29) is 0 Å². The predicted molar refractivity (Wildman–Crippen MR) is 39.6 cm³/mol. The van der Waals surface area contributed by atoms with Gasteiger partial charge in [0.2, 0.25) is 0 Å².